The SMILES string of the molecule is O=C1CO[C@@H]2CCN(C(=O)c3cccc(C(F)(F)F)c3)C[C@@H]2N1. The van der Waals surface area contributed by atoms with Gasteiger partial charge in [-0.25, -0.2) is 0 Å². The van der Waals surface area contributed by atoms with E-state index >= 15 is 0 Å². The molecular formula is C15H15F3N2O3. The molecule has 0 aromatic heterocycles. The summed E-state index contributed by atoms with van der Waals surface area (Å²) in [5.41, 5.74) is -0.867. The van der Waals surface area contributed by atoms with Crippen LogP contribution in [0.3, 0.4) is 0 Å². The first-order chi connectivity index (χ1) is 10.8. The van der Waals surface area contributed by atoms with Gasteiger partial charge in [0, 0.05) is 18.7 Å². The van der Waals surface area contributed by atoms with Crippen LogP contribution in [-0.4, -0.2) is 48.6 Å². The Morgan fingerprint density at radius 3 is 2.87 bits per heavy atom. The number of likely N-dealkylation sites (tertiary alicyclic amines) is 1. The summed E-state index contributed by atoms with van der Waals surface area (Å²) in [6.07, 6.45) is -4.11. The van der Waals surface area contributed by atoms with Crippen molar-refractivity contribution in [3.05, 3.63) is 35.4 Å². The van der Waals surface area contributed by atoms with E-state index in [0.29, 0.717) is 13.0 Å². The molecule has 0 aliphatic carbocycles. The molecule has 0 saturated carbocycles. The lowest BCUT2D eigenvalue weighted by Gasteiger charge is -2.41. The number of piperidine rings is 1. The van der Waals surface area contributed by atoms with E-state index < -0.39 is 17.6 Å². The smallest absolute Gasteiger partial charge is 0.366 e. The molecule has 2 atom stereocenters. The van der Waals surface area contributed by atoms with Crippen molar-refractivity contribution in [3.8, 4) is 0 Å². The quantitative estimate of drug-likeness (QED) is 0.849. The predicted octanol–water partition coefficient (Wildman–Crippen LogP) is 1.43. The van der Waals surface area contributed by atoms with Crippen LogP contribution in [0.1, 0.15) is 22.3 Å². The van der Waals surface area contributed by atoms with E-state index in [2.05, 4.69) is 5.32 Å². The van der Waals surface area contributed by atoms with Gasteiger partial charge in [0.25, 0.3) is 5.91 Å². The number of hydrogen-bond donors (Lipinski definition) is 1. The molecule has 2 saturated heterocycles. The van der Waals surface area contributed by atoms with Crippen molar-refractivity contribution < 1.29 is 27.5 Å². The average molecular weight is 328 g/mol. The first-order valence-corrected chi connectivity index (χ1v) is 7.22. The zero-order chi connectivity index (χ0) is 16.6. The summed E-state index contributed by atoms with van der Waals surface area (Å²) in [7, 11) is 0. The van der Waals surface area contributed by atoms with Crippen molar-refractivity contribution in [2.75, 3.05) is 19.7 Å². The number of amides is 2. The van der Waals surface area contributed by atoms with Crippen LogP contribution in [0.25, 0.3) is 0 Å². The fraction of sp³-hybridized carbons (Fsp3) is 0.467. The minimum absolute atomic E-state index is 0.00272. The Kier molecular flexibility index (Phi) is 4.01. The summed E-state index contributed by atoms with van der Waals surface area (Å²) < 4.78 is 43.6. The molecule has 2 aliphatic heterocycles. The highest BCUT2D eigenvalue weighted by atomic mass is 19.4. The standard InChI is InChI=1S/C15H15F3N2O3/c16-15(17,18)10-3-1-2-9(6-10)14(22)20-5-4-12-11(7-20)19-13(21)8-23-12/h1-3,6,11-12H,4-5,7-8H2,(H,19,21)/t11-,12+/m0/s1. The number of rotatable bonds is 1. The summed E-state index contributed by atoms with van der Waals surface area (Å²) in [6, 6.07) is 4.04. The first-order valence-electron chi connectivity index (χ1n) is 7.22. The van der Waals surface area contributed by atoms with E-state index in [-0.39, 0.29) is 36.8 Å². The average Bonchev–Trinajstić information content (AvgIpc) is 2.52. The minimum Gasteiger partial charge on any atom is -0.366 e. The predicted molar refractivity (Wildman–Crippen MR) is 73.6 cm³/mol. The van der Waals surface area contributed by atoms with Crippen LogP contribution in [0.5, 0.6) is 0 Å². The van der Waals surface area contributed by atoms with Gasteiger partial charge in [-0.3, -0.25) is 9.59 Å². The van der Waals surface area contributed by atoms with Gasteiger partial charge >= 0.3 is 6.18 Å². The topological polar surface area (TPSA) is 58.6 Å². The van der Waals surface area contributed by atoms with Crippen LogP contribution in [0, 0.1) is 0 Å². The van der Waals surface area contributed by atoms with E-state index in [1.807, 2.05) is 0 Å². The van der Waals surface area contributed by atoms with Gasteiger partial charge in [0.05, 0.1) is 17.7 Å². The van der Waals surface area contributed by atoms with Crippen molar-refractivity contribution in [2.45, 2.75) is 24.7 Å². The molecule has 2 heterocycles. The monoisotopic (exact) mass is 328 g/mol. The Balaban J connectivity index is 1.75. The van der Waals surface area contributed by atoms with Gasteiger partial charge in [0.2, 0.25) is 5.91 Å². The second-order valence-corrected chi connectivity index (χ2v) is 5.64. The molecule has 1 aromatic carbocycles. The van der Waals surface area contributed by atoms with E-state index in [1.165, 1.54) is 17.0 Å². The number of benzene rings is 1. The third kappa shape index (κ3) is 3.31. The zero-order valence-corrected chi connectivity index (χ0v) is 12.1. The first kappa shape index (κ1) is 15.8. The van der Waals surface area contributed by atoms with Gasteiger partial charge < -0.3 is 15.0 Å². The number of fused-ring (bicyclic) bond motifs is 1. The molecule has 0 bridgehead atoms. The van der Waals surface area contributed by atoms with Gasteiger partial charge in [-0.15, -0.1) is 0 Å². The third-order valence-electron chi connectivity index (χ3n) is 4.05. The second-order valence-electron chi connectivity index (χ2n) is 5.64. The summed E-state index contributed by atoms with van der Waals surface area (Å²) in [5, 5.41) is 2.75. The molecule has 5 nitrogen and oxygen atoms in total. The molecule has 1 N–H and O–H groups in total. The molecule has 2 fully saturated rings. The van der Waals surface area contributed by atoms with Gasteiger partial charge in [0.15, 0.2) is 0 Å². The lowest BCUT2D eigenvalue weighted by molar-refractivity contribution is -0.140. The number of halogens is 3. The number of alkyl halides is 3. The van der Waals surface area contributed by atoms with E-state index in [1.54, 1.807) is 0 Å². The van der Waals surface area contributed by atoms with Crippen LogP contribution in [0.4, 0.5) is 13.2 Å². The van der Waals surface area contributed by atoms with E-state index in [4.69, 9.17) is 4.74 Å². The van der Waals surface area contributed by atoms with Gasteiger partial charge in [0.1, 0.15) is 6.61 Å². The third-order valence-corrected chi connectivity index (χ3v) is 4.05. The Labute approximate surface area is 130 Å². The Morgan fingerprint density at radius 1 is 1.35 bits per heavy atom. The molecule has 0 spiro atoms. The van der Waals surface area contributed by atoms with Crippen molar-refractivity contribution in [1.29, 1.82) is 0 Å². The minimum atomic E-state index is -4.49. The molecule has 0 radical (unpaired) electrons. The molecule has 23 heavy (non-hydrogen) atoms. The normalized spacial score (nSPS) is 24.8. The van der Waals surface area contributed by atoms with Crippen LogP contribution in [0.2, 0.25) is 0 Å². The fourth-order valence-corrected chi connectivity index (χ4v) is 2.90. The van der Waals surface area contributed by atoms with Crippen LogP contribution in [0.15, 0.2) is 24.3 Å². The maximum absolute atomic E-state index is 12.7. The summed E-state index contributed by atoms with van der Waals surface area (Å²) in [5.74, 6) is -0.728. The number of morpholine rings is 1. The molecule has 1 aromatic rings. The van der Waals surface area contributed by atoms with Crippen molar-refractivity contribution in [1.82, 2.24) is 10.2 Å². The largest absolute Gasteiger partial charge is 0.416 e. The molecule has 0 unspecified atom stereocenters. The van der Waals surface area contributed by atoms with Crippen LogP contribution >= 0.6 is 0 Å². The maximum Gasteiger partial charge on any atom is 0.416 e. The van der Waals surface area contributed by atoms with E-state index in [0.717, 1.165) is 12.1 Å². The molecular weight excluding hydrogens is 313 g/mol. The number of hydrogen-bond acceptors (Lipinski definition) is 3. The van der Waals surface area contributed by atoms with Crippen LogP contribution in [-0.2, 0) is 15.7 Å². The van der Waals surface area contributed by atoms with Crippen LogP contribution < -0.4 is 5.32 Å². The lowest BCUT2D eigenvalue weighted by Crippen LogP contribution is -2.61. The number of nitrogens with one attached hydrogen (secondary N) is 1. The number of ether oxygens (including phenoxy) is 1. The lowest BCUT2D eigenvalue weighted by atomic mass is 9.99. The number of carbonyl (C=O) groups excluding carboxylic acids is 2. The molecule has 2 amide bonds. The van der Waals surface area contributed by atoms with Gasteiger partial charge in [-0.1, -0.05) is 6.07 Å². The zero-order valence-electron chi connectivity index (χ0n) is 12.1. The highest BCUT2D eigenvalue weighted by Gasteiger charge is 2.37. The van der Waals surface area contributed by atoms with Gasteiger partial charge in [-0.2, -0.15) is 13.2 Å². The van der Waals surface area contributed by atoms with Crippen molar-refractivity contribution >= 4 is 11.8 Å². The van der Waals surface area contributed by atoms with Crippen molar-refractivity contribution in [3.63, 3.8) is 0 Å². The Morgan fingerprint density at radius 2 is 2.13 bits per heavy atom. The van der Waals surface area contributed by atoms with Gasteiger partial charge in [-0.05, 0) is 24.6 Å². The summed E-state index contributed by atoms with van der Waals surface area (Å²) in [4.78, 5) is 25.2. The molecule has 8 heteroatoms. The second kappa shape index (κ2) is 5.84. The van der Waals surface area contributed by atoms with E-state index in [9.17, 15) is 22.8 Å². The Bertz CT molecular complexity index is 633. The summed E-state index contributed by atoms with van der Waals surface area (Å²) in [6.45, 7) is 0.611. The highest BCUT2D eigenvalue weighted by molar-refractivity contribution is 5.94. The summed E-state index contributed by atoms with van der Waals surface area (Å²) >= 11 is 0. The maximum atomic E-state index is 12.7. The highest BCUT2D eigenvalue weighted by Crippen LogP contribution is 2.30. The fourth-order valence-electron chi connectivity index (χ4n) is 2.90. The Hall–Kier alpha value is -2.09. The number of carbonyl (C=O) groups is 2. The number of nitrogens with zero attached hydrogens (tertiary/aromatic N) is 1. The molecule has 3 rings (SSSR count). The molecule has 124 valence electrons. The molecule has 2 aliphatic rings. The van der Waals surface area contributed by atoms with Crippen molar-refractivity contribution in [2.24, 2.45) is 0 Å².